The van der Waals surface area contributed by atoms with E-state index in [0.29, 0.717) is 39.3 Å². The third-order valence-corrected chi connectivity index (χ3v) is 3.30. The summed E-state index contributed by atoms with van der Waals surface area (Å²) in [6.07, 6.45) is 1.32. The Labute approximate surface area is 109 Å². The summed E-state index contributed by atoms with van der Waals surface area (Å²) in [6.45, 7) is 4.08. The molecule has 0 aliphatic carbocycles. The lowest BCUT2D eigenvalue weighted by Crippen LogP contribution is -2.48. The van der Waals surface area contributed by atoms with Gasteiger partial charge in [0.1, 0.15) is 0 Å². The predicted octanol–water partition coefficient (Wildman–Crippen LogP) is -1.12. The largest absolute Gasteiger partial charge is 0.395 e. The van der Waals surface area contributed by atoms with E-state index in [-0.39, 0.29) is 18.6 Å². The van der Waals surface area contributed by atoms with Crippen molar-refractivity contribution in [2.75, 3.05) is 53.0 Å². The Balaban J connectivity index is 2.27. The number of carbonyl (C=O) groups is 1. The third kappa shape index (κ3) is 4.89. The van der Waals surface area contributed by atoms with Gasteiger partial charge in [-0.05, 0) is 13.0 Å². The summed E-state index contributed by atoms with van der Waals surface area (Å²) in [5.41, 5.74) is 5.42. The zero-order valence-electron chi connectivity index (χ0n) is 11.2. The van der Waals surface area contributed by atoms with Crippen LogP contribution >= 0.6 is 0 Å². The van der Waals surface area contributed by atoms with Gasteiger partial charge in [0.15, 0.2) is 0 Å². The molecule has 0 aromatic rings. The molecule has 1 aliphatic rings. The van der Waals surface area contributed by atoms with Crippen LogP contribution < -0.4 is 5.73 Å². The Morgan fingerprint density at radius 3 is 3.06 bits per heavy atom. The molecule has 106 valence electrons. The summed E-state index contributed by atoms with van der Waals surface area (Å²) in [4.78, 5) is 15.7. The number of morpholine rings is 1. The quantitative estimate of drug-likeness (QED) is 0.605. The Morgan fingerprint density at radius 2 is 2.39 bits per heavy atom. The van der Waals surface area contributed by atoms with Gasteiger partial charge in [-0.2, -0.15) is 0 Å². The Bertz CT molecular complexity index is 251. The van der Waals surface area contributed by atoms with Crippen LogP contribution in [-0.4, -0.2) is 79.9 Å². The van der Waals surface area contributed by atoms with Crippen molar-refractivity contribution in [2.24, 2.45) is 5.73 Å². The number of ether oxygens (including phenoxy) is 1. The normalized spacial score (nSPS) is 20.9. The van der Waals surface area contributed by atoms with E-state index in [2.05, 4.69) is 4.90 Å². The topological polar surface area (TPSA) is 79.0 Å². The molecule has 0 saturated carbocycles. The number of hydrogen-bond donors (Lipinski definition) is 2. The van der Waals surface area contributed by atoms with Crippen molar-refractivity contribution in [2.45, 2.75) is 18.9 Å². The zero-order chi connectivity index (χ0) is 13.4. The lowest BCUT2D eigenvalue weighted by atomic mass is 10.2. The highest BCUT2D eigenvalue weighted by molar-refractivity contribution is 5.76. The zero-order valence-corrected chi connectivity index (χ0v) is 11.2. The fraction of sp³-hybridized carbons (Fsp3) is 0.917. The maximum atomic E-state index is 11.9. The highest BCUT2D eigenvalue weighted by Gasteiger charge is 2.22. The van der Waals surface area contributed by atoms with E-state index in [1.807, 2.05) is 0 Å². The first-order valence-corrected chi connectivity index (χ1v) is 6.55. The minimum absolute atomic E-state index is 0.0286. The van der Waals surface area contributed by atoms with Crippen molar-refractivity contribution in [1.82, 2.24) is 9.80 Å². The van der Waals surface area contributed by atoms with Crippen LogP contribution in [0.1, 0.15) is 12.8 Å². The van der Waals surface area contributed by atoms with E-state index in [1.54, 1.807) is 11.9 Å². The number of amides is 1. The molecule has 1 aliphatic heterocycles. The van der Waals surface area contributed by atoms with Crippen LogP contribution in [0.15, 0.2) is 0 Å². The molecule has 0 spiro atoms. The lowest BCUT2D eigenvalue weighted by Gasteiger charge is -2.34. The van der Waals surface area contributed by atoms with Gasteiger partial charge in [-0.25, -0.2) is 0 Å². The molecule has 3 N–H and O–H groups in total. The summed E-state index contributed by atoms with van der Waals surface area (Å²) in [7, 11) is 1.81. The second kappa shape index (κ2) is 8.42. The first-order chi connectivity index (χ1) is 8.69. The number of aliphatic hydroxyl groups excluding tert-OH is 1. The number of aliphatic hydroxyl groups is 1. The van der Waals surface area contributed by atoms with Gasteiger partial charge in [-0.3, -0.25) is 9.69 Å². The molecule has 1 amide bonds. The van der Waals surface area contributed by atoms with E-state index >= 15 is 0 Å². The van der Waals surface area contributed by atoms with Crippen molar-refractivity contribution in [3.63, 3.8) is 0 Å². The van der Waals surface area contributed by atoms with Crippen LogP contribution in [0.4, 0.5) is 0 Å². The number of hydrogen-bond acceptors (Lipinski definition) is 5. The Hall–Kier alpha value is -0.690. The van der Waals surface area contributed by atoms with Gasteiger partial charge in [-0.1, -0.05) is 0 Å². The van der Waals surface area contributed by atoms with Crippen LogP contribution in [0.5, 0.6) is 0 Å². The number of rotatable bonds is 7. The molecular formula is C12H25N3O3. The van der Waals surface area contributed by atoms with Crippen LogP contribution in [0.2, 0.25) is 0 Å². The van der Waals surface area contributed by atoms with Crippen LogP contribution in [0.3, 0.4) is 0 Å². The average Bonchev–Trinajstić information content (AvgIpc) is 2.42. The van der Waals surface area contributed by atoms with Crippen molar-refractivity contribution < 1.29 is 14.6 Å². The highest BCUT2D eigenvalue weighted by atomic mass is 16.5. The van der Waals surface area contributed by atoms with Gasteiger partial charge in [0.2, 0.25) is 5.91 Å². The minimum Gasteiger partial charge on any atom is -0.395 e. The van der Waals surface area contributed by atoms with Gasteiger partial charge in [0.05, 0.1) is 25.9 Å². The second-order valence-electron chi connectivity index (χ2n) is 4.65. The molecule has 6 nitrogen and oxygen atoms in total. The second-order valence-corrected chi connectivity index (χ2v) is 4.65. The van der Waals surface area contributed by atoms with Gasteiger partial charge >= 0.3 is 0 Å². The molecular weight excluding hydrogens is 234 g/mol. The van der Waals surface area contributed by atoms with E-state index in [0.717, 1.165) is 13.0 Å². The van der Waals surface area contributed by atoms with Crippen molar-refractivity contribution >= 4 is 5.91 Å². The predicted molar refractivity (Wildman–Crippen MR) is 69.2 cm³/mol. The molecule has 1 saturated heterocycles. The number of carbonyl (C=O) groups excluding carboxylic acids is 1. The summed E-state index contributed by atoms with van der Waals surface area (Å²) in [5, 5.41) is 9.22. The van der Waals surface area contributed by atoms with E-state index < -0.39 is 0 Å². The van der Waals surface area contributed by atoms with Crippen LogP contribution in [-0.2, 0) is 9.53 Å². The van der Waals surface area contributed by atoms with Crippen LogP contribution in [0.25, 0.3) is 0 Å². The molecule has 1 fully saturated rings. The van der Waals surface area contributed by atoms with Gasteiger partial charge in [0, 0.05) is 33.1 Å². The summed E-state index contributed by atoms with van der Waals surface area (Å²) in [6, 6.07) is 0.0286. The smallest absolute Gasteiger partial charge is 0.223 e. The molecule has 1 rings (SSSR count). The fourth-order valence-corrected chi connectivity index (χ4v) is 2.03. The molecule has 1 unspecified atom stereocenters. The molecule has 1 atom stereocenters. The van der Waals surface area contributed by atoms with Crippen LogP contribution in [0, 0.1) is 0 Å². The highest BCUT2D eigenvalue weighted by Crippen LogP contribution is 2.07. The first kappa shape index (κ1) is 15.4. The number of nitrogens with zero attached hydrogens (tertiary/aromatic N) is 2. The lowest BCUT2D eigenvalue weighted by molar-refractivity contribution is -0.131. The molecule has 0 aromatic heterocycles. The Kier molecular flexibility index (Phi) is 7.19. The Morgan fingerprint density at radius 1 is 1.61 bits per heavy atom. The molecule has 0 aromatic carbocycles. The summed E-state index contributed by atoms with van der Waals surface area (Å²) in [5.74, 6) is 0.131. The maximum absolute atomic E-state index is 11.9. The van der Waals surface area contributed by atoms with Crippen molar-refractivity contribution in [3.8, 4) is 0 Å². The third-order valence-electron chi connectivity index (χ3n) is 3.30. The summed E-state index contributed by atoms with van der Waals surface area (Å²) < 4.78 is 5.30. The molecule has 6 heteroatoms. The van der Waals surface area contributed by atoms with Crippen molar-refractivity contribution in [3.05, 3.63) is 0 Å². The summed E-state index contributed by atoms with van der Waals surface area (Å²) >= 11 is 0. The minimum atomic E-state index is 0.0286. The molecule has 0 radical (unpaired) electrons. The fourth-order valence-electron chi connectivity index (χ4n) is 2.03. The maximum Gasteiger partial charge on any atom is 0.223 e. The van der Waals surface area contributed by atoms with Gasteiger partial charge in [-0.15, -0.1) is 0 Å². The SMILES string of the molecule is CN(CCCN)C(=O)CCN1CCOCC1CO. The monoisotopic (exact) mass is 259 g/mol. The first-order valence-electron chi connectivity index (χ1n) is 6.55. The van der Waals surface area contributed by atoms with E-state index in [1.165, 1.54) is 0 Å². The molecule has 0 bridgehead atoms. The van der Waals surface area contributed by atoms with Crippen molar-refractivity contribution in [1.29, 1.82) is 0 Å². The standard InChI is InChI=1S/C12H25N3O3/c1-14(5-2-4-13)12(17)3-6-15-7-8-18-10-11(15)9-16/h11,16H,2-10,13H2,1H3. The van der Waals surface area contributed by atoms with E-state index in [4.69, 9.17) is 10.5 Å². The van der Waals surface area contributed by atoms with Gasteiger partial charge < -0.3 is 20.5 Å². The molecule has 1 heterocycles. The number of nitrogens with two attached hydrogens (primary N) is 1. The molecule has 18 heavy (non-hydrogen) atoms. The van der Waals surface area contributed by atoms with E-state index in [9.17, 15) is 9.90 Å². The van der Waals surface area contributed by atoms with Gasteiger partial charge in [0.25, 0.3) is 0 Å². The average molecular weight is 259 g/mol.